The smallest absolute Gasteiger partial charge is 0.244 e. The van der Waals surface area contributed by atoms with Crippen LogP contribution in [0, 0.1) is 6.92 Å². The fraction of sp³-hybridized carbons (Fsp3) is 0.300. The first-order valence-electron chi connectivity index (χ1n) is 8.12. The summed E-state index contributed by atoms with van der Waals surface area (Å²) in [4.78, 5) is 26.2. The Morgan fingerprint density at radius 3 is 2.29 bits per heavy atom. The zero-order chi connectivity index (χ0) is 17.7. The van der Waals surface area contributed by atoms with Gasteiger partial charge in [0.25, 0.3) is 0 Å². The molecule has 0 aliphatic rings. The molecule has 4 heteroatoms. The Hall–Kier alpha value is -2.62. The summed E-state index contributed by atoms with van der Waals surface area (Å²) in [5.41, 5.74) is 3.62. The first kappa shape index (κ1) is 17.7. The van der Waals surface area contributed by atoms with Crippen molar-refractivity contribution in [2.75, 3.05) is 16.8 Å². The highest BCUT2D eigenvalue weighted by Gasteiger charge is 2.21. The highest BCUT2D eigenvalue weighted by Crippen LogP contribution is 2.31. The van der Waals surface area contributed by atoms with E-state index in [-0.39, 0.29) is 24.3 Å². The molecule has 2 amide bonds. The van der Waals surface area contributed by atoms with Gasteiger partial charge in [0.1, 0.15) is 6.54 Å². The predicted octanol–water partition coefficient (Wildman–Crippen LogP) is 4.11. The van der Waals surface area contributed by atoms with Crippen LogP contribution in [0.3, 0.4) is 0 Å². The zero-order valence-corrected chi connectivity index (χ0v) is 14.7. The van der Waals surface area contributed by atoms with Crippen LogP contribution in [0.4, 0.5) is 11.4 Å². The van der Waals surface area contributed by atoms with Gasteiger partial charge in [0.15, 0.2) is 0 Å². The van der Waals surface area contributed by atoms with Crippen molar-refractivity contribution in [3.8, 4) is 0 Å². The average Bonchev–Trinajstić information content (AvgIpc) is 2.53. The van der Waals surface area contributed by atoms with Gasteiger partial charge in [0.2, 0.25) is 11.8 Å². The molecular formula is C20H24N2O2. The molecule has 0 atom stereocenters. The van der Waals surface area contributed by atoms with Crippen LogP contribution in [0.25, 0.3) is 0 Å². The lowest BCUT2D eigenvalue weighted by atomic mass is 9.97. The first-order chi connectivity index (χ1) is 11.4. The molecule has 0 saturated carbocycles. The molecule has 0 heterocycles. The van der Waals surface area contributed by atoms with E-state index in [4.69, 9.17) is 0 Å². The third-order valence-electron chi connectivity index (χ3n) is 3.90. The maximum Gasteiger partial charge on any atom is 0.244 e. The Bertz CT molecular complexity index is 724. The number of benzene rings is 2. The second-order valence-corrected chi connectivity index (χ2v) is 6.19. The molecule has 2 rings (SSSR count). The number of rotatable bonds is 5. The lowest BCUT2D eigenvalue weighted by Crippen LogP contribution is -2.37. The number of aryl methyl sites for hydroxylation is 1. The summed E-state index contributed by atoms with van der Waals surface area (Å²) in [6, 6.07) is 15.2. The van der Waals surface area contributed by atoms with Crippen molar-refractivity contribution >= 4 is 23.2 Å². The van der Waals surface area contributed by atoms with Gasteiger partial charge in [-0.2, -0.15) is 0 Å². The van der Waals surface area contributed by atoms with Crippen LogP contribution in [-0.2, 0) is 9.59 Å². The van der Waals surface area contributed by atoms with Gasteiger partial charge >= 0.3 is 0 Å². The summed E-state index contributed by atoms with van der Waals surface area (Å²) < 4.78 is 0. The number of hydrogen-bond acceptors (Lipinski definition) is 2. The van der Waals surface area contributed by atoms with E-state index in [9.17, 15) is 9.59 Å². The van der Waals surface area contributed by atoms with Crippen molar-refractivity contribution in [3.05, 3.63) is 59.7 Å². The van der Waals surface area contributed by atoms with Crippen LogP contribution < -0.4 is 10.2 Å². The molecule has 0 radical (unpaired) electrons. The van der Waals surface area contributed by atoms with Gasteiger partial charge in [-0.15, -0.1) is 0 Å². The molecule has 2 aromatic carbocycles. The average molecular weight is 324 g/mol. The van der Waals surface area contributed by atoms with E-state index in [2.05, 4.69) is 19.2 Å². The van der Waals surface area contributed by atoms with Crippen molar-refractivity contribution in [3.63, 3.8) is 0 Å². The number of amides is 2. The van der Waals surface area contributed by atoms with Gasteiger partial charge in [0.05, 0.1) is 5.69 Å². The van der Waals surface area contributed by atoms with Crippen LogP contribution in [0.15, 0.2) is 48.5 Å². The lowest BCUT2D eigenvalue weighted by Gasteiger charge is -2.26. The third-order valence-corrected chi connectivity index (χ3v) is 3.90. The molecule has 0 aliphatic heterocycles. The predicted molar refractivity (Wildman–Crippen MR) is 98.4 cm³/mol. The zero-order valence-electron chi connectivity index (χ0n) is 14.7. The first-order valence-corrected chi connectivity index (χ1v) is 8.12. The molecule has 0 aromatic heterocycles. The summed E-state index contributed by atoms with van der Waals surface area (Å²) in [5.74, 6) is -0.0947. The van der Waals surface area contributed by atoms with E-state index in [1.165, 1.54) is 6.92 Å². The van der Waals surface area contributed by atoms with E-state index in [1.807, 2.05) is 55.5 Å². The number of hydrogen-bond donors (Lipinski definition) is 1. The van der Waals surface area contributed by atoms with Gasteiger partial charge in [-0.05, 0) is 36.1 Å². The highest BCUT2D eigenvalue weighted by molar-refractivity contribution is 6.02. The van der Waals surface area contributed by atoms with Gasteiger partial charge in [-0.1, -0.05) is 50.2 Å². The molecule has 126 valence electrons. The van der Waals surface area contributed by atoms with Crippen LogP contribution in [-0.4, -0.2) is 18.4 Å². The third kappa shape index (κ3) is 4.22. The SMILES string of the molecule is CC(=O)N(CC(=O)Nc1ccccc1)c1c(C)cccc1C(C)C. The Kier molecular flexibility index (Phi) is 5.74. The number of carbonyl (C=O) groups is 2. The van der Waals surface area contributed by atoms with Gasteiger partial charge in [0, 0.05) is 12.6 Å². The summed E-state index contributed by atoms with van der Waals surface area (Å²) in [5, 5.41) is 2.83. The fourth-order valence-electron chi connectivity index (χ4n) is 2.73. The van der Waals surface area contributed by atoms with E-state index in [0.29, 0.717) is 0 Å². The van der Waals surface area contributed by atoms with E-state index < -0.39 is 0 Å². The van der Waals surface area contributed by atoms with Gasteiger partial charge in [-0.3, -0.25) is 9.59 Å². The standard InChI is InChI=1S/C20H24N2O2/c1-14(2)18-12-8-9-15(3)20(18)22(16(4)23)13-19(24)21-17-10-6-5-7-11-17/h5-12,14H,13H2,1-4H3,(H,21,24). The van der Waals surface area contributed by atoms with Crippen LogP contribution in [0.5, 0.6) is 0 Å². The molecule has 0 bridgehead atoms. The number of anilines is 2. The molecule has 4 nitrogen and oxygen atoms in total. The lowest BCUT2D eigenvalue weighted by molar-refractivity contribution is -0.120. The van der Waals surface area contributed by atoms with Crippen molar-refractivity contribution < 1.29 is 9.59 Å². The number of nitrogens with one attached hydrogen (secondary N) is 1. The quantitative estimate of drug-likeness (QED) is 0.900. The second kappa shape index (κ2) is 7.77. The Morgan fingerprint density at radius 2 is 1.71 bits per heavy atom. The minimum absolute atomic E-state index is 0.00516. The molecular weight excluding hydrogens is 300 g/mol. The molecule has 0 aliphatic carbocycles. The number of carbonyl (C=O) groups excluding carboxylic acids is 2. The second-order valence-electron chi connectivity index (χ2n) is 6.19. The topological polar surface area (TPSA) is 49.4 Å². The maximum atomic E-state index is 12.4. The summed E-state index contributed by atoms with van der Waals surface area (Å²) in [7, 11) is 0. The van der Waals surface area contributed by atoms with Crippen molar-refractivity contribution in [1.29, 1.82) is 0 Å². The van der Waals surface area contributed by atoms with E-state index >= 15 is 0 Å². The summed E-state index contributed by atoms with van der Waals surface area (Å²) >= 11 is 0. The van der Waals surface area contributed by atoms with Crippen LogP contribution in [0.2, 0.25) is 0 Å². The molecule has 24 heavy (non-hydrogen) atoms. The summed E-state index contributed by atoms with van der Waals surface area (Å²) in [6.45, 7) is 7.62. The molecule has 2 aromatic rings. The van der Waals surface area contributed by atoms with Crippen molar-refractivity contribution in [2.45, 2.75) is 33.6 Å². The Balaban J connectivity index is 2.28. The highest BCUT2D eigenvalue weighted by atomic mass is 16.2. The molecule has 0 fully saturated rings. The molecule has 0 unspecified atom stereocenters. The summed E-state index contributed by atoms with van der Waals surface area (Å²) in [6.07, 6.45) is 0. The van der Waals surface area contributed by atoms with Crippen LogP contribution in [0.1, 0.15) is 37.8 Å². The van der Waals surface area contributed by atoms with Crippen LogP contribution >= 0.6 is 0 Å². The minimum Gasteiger partial charge on any atom is -0.325 e. The Morgan fingerprint density at radius 1 is 1.04 bits per heavy atom. The fourth-order valence-corrected chi connectivity index (χ4v) is 2.73. The largest absolute Gasteiger partial charge is 0.325 e. The monoisotopic (exact) mass is 324 g/mol. The Labute approximate surface area is 143 Å². The van der Waals surface area contributed by atoms with Gasteiger partial charge in [-0.25, -0.2) is 0 Å². The number of nitrogens with zero attached hydrogens (tertiary/aromatic N) is 1. The molecule has 0 spiro atoms. The number of para-hydroxylation sites is 2. The van der Waals surface area contributed by atoms with Gasteiger partial charge < -0.3 is 10.2 Å². The normalized spacial score (nSPS) is 10.5. The maximum absolute atomic E-state index is 12.4. The van der Waals surface area contributed by atoms with E-state index in [1.54, 1.807) is 4.90 Å². The molecule has 1 N–H and O–H groups in total. The van der Waals surface area contributed by atoms with E-state index in [0.717, 1.165) is 22.5 Å². The molecule has 0 saturated heterocycles. The van der Waals surface area contributed by atoms with Crippen molar-refractivity contribution in [2.24, 2.45) is 0 Å². The minimum atomic E-state index is -0.214. The van der Waals surface area contributed by atoms with Crippen molar-refractivity contribution in [1.82, 2.24) is 0 Å².